The molecule has 4 nitrogen and oxygen atoms in total. The third-order valence-electron chi connectivity index (χ3n) is 3.07. The van der Waals surface area contributed by atoms with E-state index in [2.05, 4.69) is 31.2 Å². The average molecular weight is 287 g/mol. The van der Waals surface area contributed by atoms with Crippen LogP contribution in [-0.2, 0) is 13.6 Å². The molecule has 0 radical (unpaired) electrons. The van der Waals surface area contributed by atoms with Gasteiger partial charge in [-0.15, -0.1) is 0 Å². The third-order valence-corrected chi connectivity index (χ3v) is 4.10. The van der Waals surface area contributed by atoms with Crippen LogP contribution in [0, 0.1) is 6.92 Å². The maximum Gasteiger partial charge on any atom is 0.0739 e. The summed E-state index contributed by atoms with van der Waals surface area (Å²) in [7, 11) is 2.02. The maximum atomic E-state index is 4.43. The highest BCUT2D eigenvalue weighted by Crippen LogP contribution is 2.21. The van der Waals surface area contributed by atoms with Gasteiger partial charge in [-0.2, -0.15) is 5.10 Å². The molecule has 0 saturated carbocycles. The van der Waals surface area contributed by atoms with E-state index in [0.717, 1.165) is 36.3 Å². The van der Waals surface area contributed by atoms with E-state index in [9.17, 15) is 0 Å². The first-order chi connectivity index (χ1) is 7.68. The van der Waals surface area contributed by atoms with Crippen molar-refractivity contribution in [3.05, 3.63) is 15.9 Å². The standard InChI is InChI=1S/C11H19BrN4/c1-9-11(12)10(15(2)14-9)8-16-6-3-4-13-5-7-16/h13H,3-8H2,1-2H3. The smallest absolute Gasteiger partial charge is 0.0739 e. The molecule has 0 amide bonds. The molecule has 1 aliphatic heterocycles. The summed E-state index contributed by atoms with van der Waals surface area (Å²) in [6.07, 6.45) is 1.23. The fourth-order valence-electron chi connectivity index (χ4n) is 2.12. The summed E-state index contributed by atoms with van der Waals surface area (Å²) >= 11 is 3.62. The Morgan fingerprint density at radius 2 is 2.19 bits per heavy atom. The molecule has 16 heavy (non-hydrogen) atoms. The molecule has 5 heteroatoms. The van der Waals surface area contributed by atoms with Gasteiger partial charge >= 0.3 is 0 Å². The molecule has 2 rings (SSSR count). The van der Waals surface area contributed by atoms with Crippen molar-refractivity contribution in [1.29, 1.82) is 0 Å². The quantitative estimate of drug-likeness (QED) is 0.889. The number of nitrogens with zero attached hydrogens (tertiary/aromatic N) is 3. The lowest BCUT2D eigenvalue weighted by Crippen LogP contribution is -2.28. The second-order valence-electron chi connectivity index (χ2n) is 4.35. The van der Waals surface area contributed by atoms with Crippen LogP contribution in [-0.4, -0.2) is 40.9 Å². The van der Waals surface area contributed by atoms with Crippen molar-refractivity contribution in [2.75, 3.05) is 26.2 Å². The Morgan fingerprint density at radius 1 is 1.38 bits per heavy atom. The second kappa shape index (κ2) is 5.29. The topological polar surface area (TPSA) is 33.1 Å². The normalized spacial score (nSPS) is 18.7. The van der Waals surface area contributed by atoms with E-state index in [4.69, 9.17) is 0 Å². The SMILES string of the molecule is Cc1nn(C)c(CN2CCCNCC2)c1Br. The molecule has 0 bridgehead atoms. The van der Waals surface area contributed by atoms with Gasteiger partial charge in [0.15, 0.2) is 0 Å². The van der Waals surface area contributed by atoms with E-state index in [-0.39, 0.29) is 0 Å². The Morgan fingerprint density at radius 3 is 2.88 bits per heavy atom. The van der Waals surface area contributed by atoms with E-state index >= 15 is 0 Å². The van der Waals surface area contributed by atoms with Crippen molar-refractivity contribution >= 4 is 15.9 Å². The third kappa shape index (κ3) is 2.64. The lowest BCUT2D eigenvalue weighted by molar-refractivity contribution is 0.276. The molecule has 1 aliphatic rings. The van der Waals surface area contributed by atoms with Gasteiger partial charge in [0.05, 0.1) is 15.9 Å². The summed E-state index contributed by atoms with van der Waals surface area (Å²) in [6, 6.07) is 0. The first-order valence-electron chi connectivity index (χ1n) is 5.79. The summed E-state index contributed by atoms with van der Waals surface area (Å²) in [5, 5.41) is 7.85. The zero-order valence-electron chi connectivity index (χ0n) is 9.96. The van der Waals surface area contributed by atoms with Crippen LogP contribution in [0.15, 0.2) is 4.47 Å². The number of aryl methyl sites for hydroxylation is 2. The second-order valence-corrected chi connectivity index (χ2v) is 5.14. The van der Waals surface area contributed by atoms with Crippen LogP contribution < -0.4 is 5.32 Å². The highest BCUT2D eigenvalue weighted by Gasteiger charge is 2.15. The van der Waals surface area contributed by atoms with Gasteiger partial charge in [0, 0.05) is 26.7 Å². The van der Waals surface area contributed by atoms with Crippen LogP contribution in [0.25, 0.3) is 0 Å². The van der Waals surface area contributed by atoms with Crippen LogP contribution in [0.2, 0.25) is 0 Å². The molecule has 1 aromatic heterocycles. The van der Waals surface area contributed by atoms with Crippen molar-refractivity contribution < 1.29 is 0 Å². The van der Waals surface area contributed by atoms with Crippen molar-refractivity contribution in [2.24, 2.45) is 7.05 Å². The highest BCUT2D eigenvalue weighted by molar-refractivity contribution is 9.10. The minimum atomic E-state index is 0.986. The molecule has 0 atom stereocenters. The van der Waals surface area contributed by atoms with Crippen LogP contribution in [0.4, 0.5) is 0 Å². The Bertz CT molecular complexity index is 353. The molecule has 0 spiro atoms. The first-order valence-corrected chi connectivity index (χ1v) is 6.59. The van der Waals surface area contributed by atoms with Gasteiger partial charge in [0.1, 0.15) is 0 Å². The Hall–Kier alpha value is -0.390. The van der Waals surface area contributed by atoms with Gasteiger partial charge in [-0.05, 0) is 42.4 Å². The lowest BCUT2D eigenvalue weighted by Gasteiger charge is -2.19. The van der Waals surface area contributed by atoms with Crippen LogP contribution in [0.1, 0.15) is 17.8 Å². The molecule has 1 N–H and O–H groups in total. The average Bonchev–Trinajstić information content (AvgIpc) is 2.51. The summed E-state index contributed by atoms with van der Waals surface area (Å²) in [5.41, 5.74) is 2.35. The van der Waals surface area contributed by atoms with Crippen molar-refractivity contribution in [3.8, 4) is 0 Å². The number of aromatic nitrogens is 2. The number of rotatable bonds is 2. The fraction of sp³-hybridized carbons (Fsp3) is 0.727. The molecule has 0 unspecified atom stereocenters. The van der Waals surface area contributed by atoms with Gasteiger partial charge in [0.2, 0.25) is 0 Å². The lowest BCUT2D eigenvalue weighted by atomic mass is 10.3. The van der Waals surface area contributed by atoms with Gasteiger partial charge in [-0.1, -0.05) is 0 Å². The van der Waals surface area contributed by atoms with Crippen LogP contribution in [0.3, 0.4) is 0 Å². The summed E-state index contributed by atoms with van der Waals surface area (Å²) in [6.45, 7) is 7.55. The van der Waals surface area contributed by atoms with Crippen molar-refractivity contribution in [3.63, 3.8) is 0 Å². The summed E-state index contributed by atoms with van der Waals surface area (Å²) in [4.78, 5) is 2.49. The number of nitrogens with one attached hydrogen (secondary N) is 1. The molecule has 0 aliphatic carbocycles. The minimum absolute atomic E-state index is 0.986. The van der Waals surface area contributed by atoms with Gasteiger partial charge in [0.25, 0.3) is 0 Å². The number of hydrogen-bond acceptors (Lipinski definition) is 3. The zero-order valence-corrected chi connectivity index (χ0v) is 11.5. The zero-order chi connectivity index (χ0) is 11.5. The number of hydrogen-bond donors (Lipinski definition) is 1. The van der Waals surface area contributed by atoms with Crippen molar-refractivity contribution in [2.45, 2.75) is 19.9 Å². The summed E-state index contributed by atoms with van der Waals surface area (Å²) in [5.74, 6) is 0. The molecular formula is C11H19BrN4. The van der Waals surface area contributed by atoms with Gasteiger partial charge in [-0.3, -0.25) is 9.58 Å². The van der Waals surface area contributed by atoms with E-state index < -0.39 is 0 Å². The van der Waals surface area contributed by atoms with Crippen LogP contribution in [0.5, 0.6) is 0 Å². The Balaban J connectivity index is 2.07. The summed E-state index contributed by atoms with van der Waals surface area (Å²) < 4.78 is 3.14. The first kappa shape index (κ1) is 12.1. The Kier molecular flexibility index (Phi) is 4.00. The maximum absolute atomic E-state index is 4.43. The monoisotopic (exact) mass is 286 g/mol. The predicted octanol–water partition coefficient (Wildman–Crippen LogP) is 1.29. The largest absolute Gasteiger partial charge is 0.315 e. The fourth-order valence-corrected chi connectivity index (χ4v) is 2.58. The molecule has 0 aromatic carbocycles. The van der Waals surface area contributed by atoms with E-state index in [1.165, 1.54) is 18.7 Å². The predicted molar refractivity (Wildman–Crippen MR) is 68.4 cm³/mol. The van der Waals surface area contributed by atoms with Gasteiger partial charge < -0.3 is 5.32 Å². The molecule has 1 saturated heterocycles. The number of halogens is 1. The van der Waals surface area contributed by atoms with Crippen molar-refractivity contribution in [1.82, 2.24) is 20.0 Å². The van der Waals surface area contributed by atoms with Gasteiger partial charge in [-0.25, -0.2) is 0 Å². The molecular weight excluding hydrogens is 268 g/mol. The molecule has 90 valence electrons. The molecule has 1 fully saturated rings. The highest BCUT2D eigenvalue weighted by atomic mass is 79.9. The molecule has 2 heterocycles. The van der Waals surface area contributed by atoms with E-state index in [1.54, 1.807) is 0 Å². The van der Waals surface area contributed by atoms with Crippen LogP contribution >= 0.6 is 15.9 Å². The molecule has 1 aromatic rings. The van der Waals surface area contributed by atoms with E-state index in [0.29, 0.717) is 0 Å². The Labute approximate surface area is 105 Å². The van der Waals surface area contributed by atoms with E-state index in [1.807, 2.05) is 18.7 Å². The minimum Gasteiger partial charge on any atom is -0.315 e.